The second kappa shape index (κ2) is 10.2. The van der Waals surface area contributed by atoms with Gasteiger partial charge in [0.15, 0.2) is 5.60 Å². The van der Waals surface area contributed by atoms with Crippen LogP contribution in [0.25, 0.3) is 0 Å². The van der Waals surface area contributed by atoms with Gasteiger partial charge in [0.25, 0.3) is 0 Å². The monoisotopic (exact) mass is 516 g/mol. The molecule has 0 aliphatic heterocycles. The number of carbonyl (C=O) groups excluding carboxylic acids is 2. The lowest BCUT2D eigenvalue weighted by molar-refractivity contribution is -0.170. The van der Waals surface area contributed by atoms with E-state index in [2.05, 4.69) is 21.2 Å². The Bertz CT molecular complexity index is 979. The normalized spacial score (nSPS) is 13.9. The fourth-order valence-corrected chi connectivity index (χ4v) is 3.60. The third-order valence-corrected chi connectivity index (χ3v) is 5.58. The number of nitrogens with one attached hydrogen (secondary N) is 1. The molecule has 1 aliphatic carbocycles. The van der Waals surface area contributed by atoms with Gasteiger partial charge in [-0.25, -0.2) is 4.79 Å². The molecule has 178 valence electrons. The maximum absolute atomic E-state index is 12.9. The van der Waals surface area contributed by atoms with Gasteiger partial charge < -0.3 is 19.7 Å². The molecular weight excluding hydrogens is 484 g/mol. The second-order valence-electron chi connectivity index (χ2n) is 9.79. The molecular formula is C26H33BrN2O4. The summed E-state index contributed by atoms with van der Waals surface area (Å²) in [6, 6.07) is 15.5. The second-order valence-corrected chi connectivity index (χ2v) is 10.7. The summed E-state index contributed by atoms with van der Waals surface area (Å²) >= 11 is 3.45. The van der Waals surface area contributed by atoms with Crippen molar-refractivity contribution in [2.24, 2.45) is 0 Å². The zero-order valence-electron chi connectivity index (χ0n) is 20.0. The third kappa shape index (κ3) is 7.49. The number of carbonyl (C=O) groups is 2. The minimum atomic E-state index is -1.13. The van der Waals surface area contributed by atoms with Gasteiger partial charge in [0, 0.05) is 40.9 Å². The highest BCUT2D eigenvalue weighted by Gasteiger charge is 2.35. The summed E-state index contributed by atoms with van der Waals surface area (Å²) in [5.74, 6) is 0.231. The molecule has 2 aromatic carbocycles. The Morgan fingerprint density at radius 3 is 2.33 bits per heavy atom. The number of benzene rings is 2. The number of halogens is 1. The highest BCUT2D eigenvalue weighted by Crippen LogP contribution is 2.33. The molecule has 1 saturated carbocycles. The maximum atomic E-state index is 12.9. The first-order valence-corrected chi connectivity index (χ1v) is 12.1. The van der Waals surface area contributed by atoms with E-state index in [4.69, 9.17) is 9.47 Å². The van der Waals surface area contributed by atoms with Crippen molar-refractivity contribution in [2.45, 2.75) is 71.1 Å². The number of rotatable bonds is 9. The summed E-state index contributed by atoms with van der Waals surface area (Å²) in [7, 11) is 0. The van der Waals surface area contributed by atoms with Gasteiger partial charge in [-0.15, -0.1) is 0 Å². The van der Waals surface area contributed by atoms with Crippen molar-refractivity contribution in [3.8, 4) is 5.75 Å². The average Bonchev–Trinajstić information content (AvgIpc) is 3.53. The zero-order chi connectivity index (χ0) is 24.2. The van der Waals surface area contributed by atoms with Crippen LogP contribution in [0.2, 0.25) is 0 Å². The van der Waals surface area contributed by atoms with E-state index >= 15 is 0 Å². The van der Waals surface area contributed by atoms with E-state index < -0.39 is 17.2 Å². The summed E-state index contributed by atoms with van der Waals surface area (Å²) in [5, 5.41) is 3.29. The summed E-state index contributed by atoms with van der Waals surface area (Å²) in [6.07, 6.45) is 2.46. The molecule has 0 saturated heterocycles. The van der Waals surface area contributed by atoms with Crippen molar-refractivity contribution in [1.29, 1.82) is 0 Å². The van der Waals surface area contributed by atoms with Crippen LogP contribution >= 0.6 is 15.9 Å². The van der Waals surface area contributed by atoms with Gasteiger partial charge >= 0.3 is 5.97 Å². The van der Waals surface area contributed by atoms with Crippen LogP contribution in [0.1, 0.15) is 53.9 Å². The SMILES string of the molecule is CC(C)(C)OC(=O)C(C)(C)Oc1cccc(NCCC(=O)N(c2ccc(Br)cc2)C2CC2)c1. The quantitative estimate of drug-likeness (QED) is 0.417. The highest BCUT2D eigenvalue weighted by atomic mass is 79.9. The van der Waals surface area contributed by atoms with Crippen LogP contribution in [0.3, 0.4) is 0 Å². The summed E-state index contributed by atoms with van der Waals surface area (Å²) in [6.45, 7) is 9.36. The van der Waals surface area contributed by atoms with Crippen LogP contribution in [0.4, 0.5) is 11.4 Å². The van der Waals surface area contributed by atoms with Gasteiger partial charge in [0.05, 0.1) is 0 Å². The number of hydrogen-bond acceptors (Lipinski definition) is 5. The Labute approximate surface area is 204 Å². The average molecular weight is 517 g/mol. The number of esters is 1. The third-order valence-electron chi connectivity index (χ3n) is 5.05. The van der Waals surface area contributed by atoms with E-state index in [-0.39, 0.29) is 5.91 Å². The molecule has 1 aliphatic rings. The number of ether oxygens (including phenoxy) is 2. The Hall–Kier alpha value is -2.54. The number of anilines is 2. The summed E-state index contributed by atoms with van der Waals surface area (Å²) < 4.78 is 12.4. The van der Waals surface area contributed by atoms with Crippen molar-refractivity contribution in [3.05, 3.63) is 53.0 Å². The molecule has 0 aromatic heterocycles. The summed E-state index contributed by atoms with van der Waals surface area (Å²) in [5.41, 5.74) is 0.0441. The molecule has 3 rings (SSSR count). The first-order chi connectivity index (χ1) is 15.4. The lowest BCUT2D eigenvalue weighted by Crippen LogP contribution is -2.43. The van der Waals surface area contributed by atoms with E-state index in [1.165, 1.54) is 0 Å². The van der Waals surface area contributed by atoms with Gasteiger partial charge in [-0.3, -0.25) is 4.79 Å². The van der Waals surface area contributed by atoms with Crippen molar-refractivity contribution >= 4 is 39.2 Å². The van der Waals surface area contributed by atoms with Gasteiger partial charge in [-0.2, -0.15) is 0 Å². The van der Waals surface area contributed by atoms with Crippen molar-refractivity contribution < 1.29 is 19.1 Å². The van der Waals surface area contributed by atoms with Gasteiger partial charge in [-0.05, 0) is 83.9 Å². The summed E-state index contributed by atoms with van der Waals surface area (Å²) in [4.78, 5) is 27.3. The lowest BCUT2D eigenvalue weighted by Gasteiger charge is -2.29. The number of nitrogens with zero attached hydrogens (tertiary/aromatic N) is 1. The zero-order valence-corrected chi connectivity index (χ0v) is 21.6. The fraction of sp³-hybridized carbons (Fsp3) is 0.462. The molecule has 2 aromatic rings. The molecule has 0 atom stereocenters. The van der Waals surface area contributed by atoms with Crippen molar-refractivity contribution in [2.75, 3.05) is 16.8 Å². The molecule has 0 bridgehead atoms. The lowest BCUT2D eigenvalue weighted by atomic mass is 10.1. The molecule has 0 radical (unpaired) electrons. The Morgan fingerprint density at radius 1 is 1.06 bits per heavy atom. The van der Waals surface area contributed by atoms with Crippen LogP contribution in [0.15, 0.2) is 53.0 Å². The van der Waals surface area contributed by atoms with E-state index in [1.807, 2.05) is 68.1 Å². The minimum absolute atomic E-state index is 0.103. The fourth-order valence-electron chi connectivity index (χ4n) is 3.33. The van der Waals surface area contributed by atoms with E-state index in [1.54, 1.807) is 19.9 Å². The molecule has 6 nitrogen and oxygen atoms in total. The van der Waals surface area contributed by atoms with Crippen LogP contribution in [0.5, 0.6) is 5.75 Å². The molecule has 1 amide bonds. The number of amides is 1. The molecule has 0 spiro atoms. The van der Waals surface area contributed by atoms with E-state index in [0.717, 1.165) is 28.7 Å². The van der Waals surface area contributed by atoms with Crippen LogP contribution in [0, 0.1) is 0 Å². The first-order valence-electron chi connectivity index (χ1n) is 11.3. The van der Waals surface area contributed by atoms with Gasteiger partial charge in [-0.1, -0.05) is 22.0 Å². The van der Waals surface area contributed by atoms with E-state index in [9.17, 15) is 9.59 Å². The van der Waals surface area contributed by atoms with Crippen LogP contribution in [-0.2, 0) is 14.3 Å². The molecule has 7 heteroatoms. The first kappa shape index (κ1) is 25.1. The van der Waals surface area contributed by atoms with Crippen molar-refractivity contribution in [1.82, 2.24) is 0 Å². The van der Waals surface area contributed by atoms with Crippen LogP contribution in [-0.4, -0.2) is 35.7 Å². The standard InChI is InChI=1S/C26H33BrN2O4/c1-25(2,3)33-24(31)26(4,5)32-22-8-6-7-19(17-22)28-16-15-23(30)29(21-13-14-21)20-11-9-18(27)10-12-20/h6-12,17,21,28H,13-16H2,1-5H3. The predicted octanol–water partition coefficient (Wildman–Crippen LogP) is 5.95. The largest absolute Gasteiger partial charge is 0.476 e. The topological polar surface area (TPSA) is 67.9 Å². The molecule has 0 heterocycles. The molecule has 0 unspecified atom stereocenters. The van der Waals surface area contributed by atoms with Gasteiger partial charge in [0.2, 0.25) is 5.91 Å². The Kier molecular flexibility index (Phi) is 7.73. The molecule has 1 fully saturated rings. The Morgan fingerprint density at radius 2 is 1.73 bits per heavy atom. The number of hydrogen-bond donors (Lipinski definition) is 1. The molecule has 33 heavy (non-hydrogen) atoms. The Balaban J connectivity index is 1.56. The smallest absolute Gasteiger partial charge is 0.350 e. The maximum Gasteiger partial charge on any atom is 0.350 e. The predicted molar refractivity (Wildman–Crippen MR) is 135 cm³/mol. The van der Waals surface area contributed by atoms with Crippen molar-refractivity contribution in [3.63, 3.8) is 0 Å². The minimum Gasteiger partial charge on any atom is -0.476 e. The van der Waals surface area contributed by atoms with E-state index in [0.29, 0.717) is 24.8 Å². The molecule has 1 N–H and O–H groups in total. The van der Waals surface area contributed by atoms with Crippen LogP contribution < -0.4 is 15.0 Å². The highest BCUT2D eigenvalue weighted by molar-refractivity contribution is 9.10. The van der Waals surface area contributed by atoms with Gasteiger partial charge in [0.1, 0.15) is 11.4 Å².